The zero-order chi connectivity index (χ0) is 18.6. The molecule has 2 heterocycles. The summed E-state index contributed by atoms with van der Waals surface area (Å²) in [6.07, 6.45) is -0.606. The van der Waals surface area contributed by atoms with Crippen LogP contribution in [0.4, 0.5) is 0 Å². The highest BCUT2D eigenvalue weighted by Gasteiger charge is 2.69. The number of esters is 2. The summed E-state index contributed by atoms with van der Waals surface area (Å²) in [5.74, 6) is -3.87. The standard InChI is InChI=1S/C16H21NO8S/c18-10(1-2-17-3-5-26(22,23)6-4-17)24-13-8-7-9-12(11(8)15(19)20)16(21)25-14(9)13/h8-9,11-14H,1-7H2,(H,19,20). The van der Waals surface area contributed by atoms with Crippen molar-refractivity contribution >= 4 is 27.7 Å². The van der Waals surface area contributed by atoms with Crippen LogP contribution < -0.4 is 0 Å². The fraction of sp³-hybridized carbons (Fsp3) is 0.812. The van der Waals surface area contributed by atoms with Gasteiger partial charge in [-0.2, -0.15) is 0 Å². The molecule has 0 aromatic carbocycles. The van der Waals surface area contributed by atoms with Crippen LogP contribution in [0.5, 0.6) is 0 Å². The first kappa shape index (κ1) is 17.7. The number of carbonyl (C=O) groups excluding carboxylic acids is 2. The fourth-order valence-electron chi connectivity index (χ4n) is 4.92. The SMILES string of the molecule is O=C(CCN1CCS(=O)(=O)CC1)OC1C2CC3C1OC(=O)C3C2C(=O)O. The number of nitrogens with zero attached hydrogens (tertiary/aromatic N) is 1. The molecule has 0 aromatic heterocycles. The number of fused-ring (bicyclic) bond motifs is 1. The molecule has 0 aromatic rings. The molecule has 144 valence electrons. The highest BCUT2D eigenvalue weighted by atomic mass is 32.2. The average molecular weight is 387 g/mol. The van der Waals surface area contributed by atoms with Crippen molar-refractivity contribution in [2.45, 2.75) is 25.0 Å². The first-order valence-electron chi connectivity index (χ1n) is 8.82. The number of aliphatic carboxylic acids is 1. The first-order chi connectivity index (χ1) is 12.3. The van der Waals surface area contributed by atoms with Gasteiger partial charge >= 0.3 is 17.9 Å². The van der Waals surface area contributed by atoms with Crippen molar-refractivity contribution in [2.24, 2.45) is 23.7 Å². The number of ether oxygens (including phenoxy) is 2. The predicted octanol–water partition coefficient (Wildman–Crippen LogP) is -1.09. The van der Waals surface area contributed by atoms with E-state index in [1.54, 1.807) is 0 Å². The Morgan fingerprint density at radius 1 is 1.23 bits per heavy atom. The lowest BCUT2D eigenvalue weighted by molar-refractivity contribution is -0.164. The molecule has 4 aliphatic rings. The number of hydrogen-bond acceptors (Lipinski definition) is 8. The Bertz CT molecular complexity index is 735. The molecule has 0 spiro atoms. The molecule has 0 radical (unpaired) electrons. The Morgan fingerprint density at radius 3 is 2.58 bits per heavy atom. The number of carboxylic acids is 1. The summed E-state index contributed by atoms with van der Waals surface area (Å²) < 4.78 is 33.6. The van der Waals surface area contributed by atoms with E-state index in [1.165, 1.54) is 0 Å². The lowest BCUT2D eigenvalue weighted by Gasteiger charge is -2.30. The van der Waals surface area contributed by atoms with Gasteiger partial charge in [0, 0.05) is 31.5 Å². The smallest absolute Gasteiger partial charge is 0.310 e. The van der Waals surface area contributed by atoms with E-state index in [0.717, 1.165) is 0 Å². The van der Waals surface area contributed by atoms with Crippen molar-refractivity contribution in [3.63, 3.8) is 0 Å². The highest BCUT2D eigenvalue weighted by Crippen LogP contribution is 2.58. The van der Waals surface area contributed by atoms with Gasteiger partial charge in [-0.05, 0) is 6.42 Å². The van der Waals surface area contributed by atoms with E-state index < -0.39 is 51.8 Å². The van der Waals surface area contributed by atoms with Crippen molar-refractivity contribution in [1.82, 2.24) is 4.90 Å². The van der Waals surface area contributed by atoms with Crippen LogP contribution in [-0.2, 0) is 33.7 Å². The zero-order valence-electron chi connectivity index (χ0n) is 14.1. The minimum atomic E-state index is -2.97. The van der Waals surface area contributed by atoms with Crippen LogP contribution in [0.1, 0.15) is 12.8 Å². The largest absolute Gasteiger partial charge is 0.481 e. The molecular weight excluding hydrogens is 366 g/mol. The molecule has 6 atom stereocenters. The molecule has 4 rings (SSSR count). The van der Waals surface area contributed by atoms with Gasteiger partial charge in [0.15, 0.2) is 9.84 Å². The van der Waals surface area contributed by atoms with E-state index >= 15 is 0 Å². The molecule has 2 saturated heterocycles. The maximum Gasteiger partial charge on any atom is 0.310 e. The van der Waals surface area contributed by atoms with Gasteiger partial charge in [0.05, 0.1) is 29.8 Å². The van der Waals surface area contributed by atoms with Gasteiger partial charge in [-0.25, -0.2) is 8.42 Å². The molecule has 2 aliphatic heterocycles. The van der Waals surface area contributed by atoms with E-state index in [-0.39, 0.29) is 29.8 Å². The summed E-state index contributed by atoms with van der Waals surface area (Å²) in [7, 11) is -2.97. The molecule has 2 aliphatic carbocycles. The molecule has 26 heavy (non-hydrogen) atoms. The van der Waals surface area contributed by atoms with E-state index in [0.29, 0.717) is 26.1 Å². The monoisotopic (exact) mass is 387 g/mol. The van der Waals surface area contributed by atoms with Gasteiger partial charge in [-0.3, -0.25) is 14.4 Å². The van der Waals surface area contributed by atoms with Crippen LogP contribution in [0.25, 0.3) is 0 Å². The third kappa shape index (κ3) is 2.88. The van der Waals surface area contributed by atoms with E-state index in [2.05, 4.69) is 0 Å². The van der Waals surface area contributed by atoms with Gasteiger partial charge < -0.3 is 19.5 Å². The third-order valence-electron chi connectivity index (χ3n) is 6.17. The second-order valence-electron chi connectivity index (χ2n) is 7.55. The van der Waals surface area contributed by atoms with Crippen LogP contribution in [0.15, 0.2) is 0 Å². The Hall–Kier alpha value is -1.68. The molecule has 1 N–H and O–H groups in total. The lowest BCUT2D eigenvalue weighted by atomic mass is 9.78. The molecule has 10 heteroatoms. The van der Waals surface area contributed by atoms with E-state index in [9.17, 15) is 27.9 Å². The van der Waals surface area contributed by atoms with Crippen molar-refractivity contribution < 1.29 is 37.4 Å². The number of sulfone groups is 1. The number of hydrogen-bond donors (Lipinski definition) is 1. The molecule has 2 bridgehead atoms. The van der Waals surface area contributed by atoms with Gasteiger partial charge in [0.1, 0.15) is 12.2 Å². The highest BCUT2D eigenvalue weighted by molar-refractivity contribution is 7.91. The molecule has 4 fully saturated rings. The van der Waals surface area contributed by atoms with Crippen LogP contribution in [-0.4, -0.2) is 79.7 Å². The minimum absolute atomic E-state index is 0.0914. The lowest BCUT2D eigenvalue weighted by Crippen LogP contribution is -2.44. The molecule has 9 nitrogen and oxygen atoms in total. The summed E-state index contributed by atoms with van der Waals surface area (Å²) in [6.45, 7) is 1.18. The zero-order valence-corrected chi connectivity index (χ0v) is 14.9. The minimum Gasteiger partial charge on any atom is -0.481 e. The van der Waals surface area contributed by atoms with Crippen molar-refractivity contribution in [3.8, 4) is 0 Å². The maximum absolute atomic E-state index is 12.2. The Morgan fingerprint density at radius 2 is 1.92 bits per heavy atom. The Balaban J connectivity index is 1.34. The van der Waals surface area contributed by atoms with Gasteiger partial charge in [0.25, 0.3) is 0 Å². The summed E-state index contributed by atoms with van der Waals surface area (Å²) in [5.41, 5.74) is 0. The second kappa shape index (κ2) is 6.19. The summed E-state index contributed by atoms with van der Waals surface area (Å²) in [6, 6.07) is 0. The Labute approximate surface area is 150 Å². The molecule has 0 amide bonds. The van der Waals surface area contributed by atoms with E-state index in [4.69, 9.17) is 9.47 Å². The Kier molecular flexibility index (Phi) is 4.22. The first-order valence-corrected chi connectivity index (χ1v) is 10.6. The summed E-state index contributed by atoms with van der Waals surface area (Å²) in [4.78, 5) is 37.6. The van der Waals surface area contributed by atoms with Crippen LogP contribution in [0, 0.1) is 23.7 Å². The molecular formula is C16H21NO8S. The van der Waals surface area contributed by atoms with Gasteiger partial charge in [-0.1, -0.05) is 0 Å². The quantitative estimate of drug-likeness (QED) is 0.585. The molecule has 6 unspecified atom stereocenters. The van der Waals surface area contributed by atoms with Crippen LogP contribution in [0.3, 0.4) is 0 Å². The predicted molar refractivity (Wildman–Crippen MR) is 85.7 cm³/mol. The van der Waals surface area contributed by atoms with Crippen molar-refractivity contribution in [1.29, 1.82) is 0 Å². The van der Waals surface area contributed by atoms with Gasteiger partial charge in [0.2, 0.25) is 0 Å². The number of rotatable bonds is 5. The molecule has 2 saturated carbocycles. The fourth-order valence-corrected chi connectivity index (χ4v) is 6.19. The van der Waals surface area contributed by atoms with Crippen LogP contribution in [0.2, 0.25) is 0 Å². The van der Waals surface area contributed by atoms with Crippen LogP contribution >= 0.6 is 0 Å². The number of carbonyl (C=O) groups is 3. The summed E-state index contributed by atoms with van der Waals surface area (Å²) in [5, 5.41) is 9.44. The average Bonchev–Trinajstić information content (AvgIpc) is 3.17. The third-order valence-corrected chi connectivity index (χ3v) is 7.78. The van der Waals surface area contributed by atoms with Gasteiger partial charge in [-0.15, -0.1) is 0 Å². The second-order valence-corrected chi connectivity index (χ2v) is 9.86. The number of carboxylic acid groups (broad SMARTS) is 1. The van der Waals surface area contributed by atoms with E-state index in [1.807, 2.05) is 4.90 Å². The van der Waals surface area contributed by atoms with Crippen molar-refractivity contribution in [2.75, 3.05) is 31.1 Å². The maximum atomic E-state index is 12.2. The summed E-state index contributed by atoms with van der Waals surface area (Å²) >= 11 is 0. The normalized spacial score (nSPS) is 40.4. The topological polar surface area (TPSA) is 127 Å². The van der Waals surface area contributed by atoms with Crippen molar-refractivity contribution in [3.05, 3.63) is 0 Å².